The Balaban J connectivity index is 2.14. The number of nitrogens with zero attached hydrogens (tertiary/aromatic N) is 1. The second kappa shape index (κ2) is 13.1. The monoisotopic (exact) mass is 375 g/mol. The standard InChI is InChI=1S/C27H37N/c1-4-6-10-16-24(17-11-7-5-2)23(3)22-28-27(25-18-12-8-13-19-25)26-20-14-9-15-21-26/h8-9,12-15,18-21,24H,3-7,10-11,16-17,22H2,1-2H3. The third kappa shape index (κ3) is 7.46. The summed E-state index contributed by atoms with van der Waals surface area (Å²) >= 11 is 0. The molecule has 0 amide bonds. The molecule has 2 aromatic carbocycles. The molecule has 0 unspecified atom stereocenters. The Morgan fingerprint density at radius 3 is 1.64 bits per heavy atom. The molecule has 0 radical (unpaired) electrons. The van der Waals surface area contributed by atoms with Gasteiger partial charge in [-0.3, -0.25) is 4.99 Å². The van der Waals surface area contributed by atoms with Gasteiger partial charge in [-0.1, -0.05) is 125 Å². The van der Waals surface area contributed by atoms with Crippen LogP contribution in [0.1, 0.15) is 76.3 Å². The summed E-state index contributed by atoms with van der Waals surface area (Å²) in [4.78, 5) is 5.06. The fourth-order valence-corrected chi connectivity index (χ4v) is 3.69. The average Bonchev–Trinajstić information content (AvgIpc) is 2.74. The number of benzene rings is 2. The molecule has 2 rings (SSSR count). The van der Waals surface area contributed by atoms with E-state index in [1.807, 2.05) is 0 Å². The SMILES string of the molecule is C=C(CN=C(c1ccccc1)c1ccccc1)C(CCCCC)CCCCC. The molecule has 0 saturated carbocycles. The van der Waals surface area contributed by atoms with E-state index in [0.717, 1.165) is 12.3 Å². The highest BCUT2D eigenvalue weighted by Crippen LogP contribution is 2.25. The van der Waals surface area contributed by atoms with E-state index >= 15 is 0 Å². The Labute approximate surface area is 172 Å². The van der Waals surface area contributed by atoms with Gasteiger partial charge in [0.05, 0.1) is 12.3 Å². The molecule has 0 fully saturated rings. The van der Waals surface area contributed by atoms with Gasteiger partial charge in [-0.2, -0.15) is 0 Å². The summed E-state index contributed by atoms with van der Waals surface area (Å²) in [6.07, 6.45) is 10.3. The van der Waals surface area contributed by atoms with Crippen molar-refractivity contribution in [2.24, 2.45) is 10.9 Å². The lowest BCUT2D eigenvalue weighted by Crippen LogP contribution is -2.10. The number of hydrogen-bond acceptors (Lipinski definition) is 1. The van der Waals surface area contributed by atoms with Crippen molar-refractivity contribution in [1.82, 2.24) is 0 Å². The lowest BCUT2D eigenvalue weighted by molar-refractivity contribution is 0.459. The Hall–Kier alpha value is -2.15. The second-order valence-corrected chi connectivity index (χ2v) is 7.74. The first-order chi connectivity index (χ1) is 13.8. The maximum absolute atomic E-state index is 5.06. The van der Waals surface area contributed by atoms with Crippen molar-refractivity contribution >= 4 is 5.71 Å². The van der Waals surface area contributed by atoms with Gasteiger partial charge in [0.1, 0.15) is 0 Å². The zero-order valence-electron chi connectivity index (χ0n) is 17.9. The van der Waals surface area contributed by atoms with Gasteiger partial charge in [-0.05, 0) is 18.8 Å². The molecule has 0 N–H and O–H groups in total. The molecule has 0 aliphatic carbocycles. The minimum absolute atomic E-state index is 0.606. The van der Waals surface area contributed by atoms with Gasteiger partial charge in [0.25, 0.3) is 0 Å². The van der Waals surface area contributed by atoms with Gasteiger partial charge in [0, 0.05) is 11.1 Å². The van der Waals surface area contributed by atoms with Gasteiger partial charge in [0.15, 0.2) is 0 Å². The van der Waals surface area contributed by atoms with Crippen molar-refractivity contribution in [2.45, 2.75) is 65.2 Å². The van der Waals surface area contributed by atoms with Crippen LogP contribution in [-0.4, -0.2) is 12.3 Å². The van der Waals surface area contributed by atoms with Crippen LogP contribution < -0.4 is 0 Å². The molecule has 0 aromatic heterocycles. The summed E-state index contributed by atoms with van der Waals surface area (Å²) in [6, 6.07) is 21.0. The zero-order chi connectivity index (χ0) is 20.0. The van der Waals surface area contributed by atoms with Crippen LogP contribution in [0.15, 0.2) is 77.8 Å². The van der Waals surface area contributed by atoms with E-state index in [1.54, 1.807) is 0 Å². The Kier molecular flexibility index (Phi) is 10.4. The van der Waals surface area contributed by atoms with E-state index < -0.39 is 0 Å². The molecular formula is C27H37N. The Bertz CT molecular complexity index is 648. The van der Waals surface area contributed by atoms with Crippen molar-refractivity contribution in [1.29, 1.82) is 0 Å². The highest BCUT2D eigenvalue weighted by Gasteiger charge is 2.13. The largest absolute Gasteiger partial charge is 0.280 e. The molecular weight excluding hydrogens is 338 g/mol. The summed E-state index contributed by atoms with van der Waals surface area (Å²) in [7, 11) is 0. The Morgan fingerprint density at radius 2 is 1.21 bits per heavy atom. The van der Waals surface area contributed by atoms with Gasteiger partial charge in [-0.15, -0.1) is 0 Å². The fourth-order valence-electron chi connectivity index (χ4n) is 3.69. The molecule has 1 nitrogen and oxygen atoms in total. The van der Waals surface area contributed by atoms with E-state index in [9.17, 15) is 0 Å². The topological polar surface area (TPSA) is 12.4 Å². The first-order valence-electron chi connectivity index (χ1n) is 11.1. The molecule has 0 bridgehead atoms. The molecule has 0 saturated heterocycles. The van der Waals surface area contributed by atoms with Crippen molar-refractivity contribution < 1.29 is 0 Å². The van der Waals surface area contributed by atoms with Crippen molar-refractivity contribution in [3.8, 4) is 0 Å². The van der Waals surface area contributed by atoms with E-state index in [1.165, 1.54) is 68.1 Å². The van der Waals surface area contributed by atoms with Gasteiger partial charge < -0.3 is 0 Å². The summed E-state index contributed by atoms with van der Waals surface area (Å²) < 4.78 is 0. The van der Waals surface area contributed by atoms with Crippen LogP contribution in [0.25, 0.3) is 0 Å². The van der Waals surface area contributed by atoms with E-state index in [-0.39, 0.29) is 0 Å². The summed E-state index contributed by atoms with van der Waals surface area (Å²) in [6.45, 7) is 9.74. The molecule has 1 heteroatoms. The first-order valence-corrected chi connectivity index (χ1v) is 11.1. The molecule has 0 heterocycles. The summed E-state index contributed by atoms with van der Waals surface area (Å²) in [5.41, 5.74) is 4.73. The van der Waals surface area contributed by atoms with Crippen LogP contribution >= 0.6 is 0 Å². The first kappa shape index (κ1) is 22.1. The van der Waals surface area contributed by atoms with Crippen LogP contribution in [-0.2, 0) is 0 Å². The van der Waals surface area contributed by atoms with Crippen LogP contribution in [0, 0.1) is 5.92 Å². The predicted molar refractivity (Wildman–Crippen MR) is 124 cm³/mol. The van der Waals surface area contributed by atoms with E-state index in [0.29, 0.717) is 5.92 Å². The molecule has 2 aromatic rings. The van der Waals surface area contributed by atoms with Gasteiger partial charge in [-0.25, -0.2) is 0 Å². The third-order valence-corrected chi connectivity index (χ3v) is 5.42. The highest BCUT2D eigenvalue weighted by molar-refractivity contribution is 6.12. The van der Waals surface area contributed by atoms with E-state index in [4.69, 9.17) is 4.99 Å². The predicted octanol–water partition coefficient (Wildman–Crippen LogP) is 7.86. The van der Waals surface area contributed by atoms with Crippen LogP contribution in [0.4, 0.5) is 0 Å². The minimum atomic E-state index is 0.606. The molecule has 0 spiro atoms. The van der Waals surface area contributed by atoms with Crippen molar-refractivity contribution in [3.05, 3.63) is 83.9 Å². The zero-order valence-corrected chi connectivity index (χ0v) is 17.9. The van der Waals surface area contributed by atoms with Gasteiger partial charge >= 0.3 is 0 Å². The average molecular weight is 376 g/mol. The lowest BCUT2D eigenvalue weighted by atomic mass is 9.89. The number of rotatable bonds is 13. The summed E-state index contributed by atoms with van der Waals surface area (Å²) in [5.74, 6) is 0.606. The molecule has 0 aliphatic rings. The third-order valence-electron chi connectivity index (χ3n) is 5.42. The highest BCUT2D eigenvalue weighted by atomic mass is 14.7. The minimum Gasteiger partial charge on any atom is -0.280 e. The second-order valence-electron chi connectivity index (χ2n) is 7.74. The van der Waals surface area contributed by atoms with Crippen LogP contribution in [0.2, 0.25) is 0 Å². The fraction of sp³-hybridized carbons (Fsp3) is 0.444. The summed E-state index contributed by atoms with van der Waals surface area (Å²) in [5, 5.41) is 0. The van der Waals surface area contributed by atoms with Crippen LogP contribution in [0.5, 0.6) is 0 Å². The molecule has 28 heavy (non-hydrogen) atoms. The number of hydrogen-bond donors (Lipinski definition) is 0. The molecule has 150 valence electrons. The number of unbranched alkanes of at least 4 members (excludes halogenated alkanes) is 4. The maximum Gasteiger partial charge on any atom is 0.0722 e. The normalized spacial score (nSPS) is 10.8. The van der Waals surface area contributed by atoms with E-state index in [2.05, 4.69) is 81.1 Å². The maximum atomic E-state index is 5.06. The van der Waals surface area contributed by atoms with Crippen LogP contribution in [0.3, 0.4) is 0 Å². The quantitative estimate of drug-likeness (QED) is 0.192. The molecule has 0 atom stereocenters. The molecule has 0 aliphatic heterocycles. The van der Waals surface area contributed by atoms with Crippen molar-refractivity contribution in [3.63, 3.8) is 0 Å². The van der Waals surface area contributed by atoms with Crippen molar-refractivity contribution in [2.75, 3.05) is 6.54 Å². The number of aliphatic imine (C=N–C) groups is 1. The lowest BCUT2D eigenvalue weighted by Gasteiger charge is -2.19. The van der Waals surface area contributed by atoms with Gasteiger partial charge in [0.2, 0.25) is 0 Å². The smallest absolute Gasteiger partial charge is 0.0722 e. The Morgan fingerprint density at radius 1 is 0.750 bits per heavy atom.